The highest BCUT2D eigenvalue weighted by Crippen LogP contribution is 2.33. The number of aromatic nitrogens is 3. The molecule has 2 aromatic heterocycles. The number of anilines is 2. The lowest BCUT2D eigenvalue weighted by molar-refractivity contribution is 0.0691. The molecule has 0 unspecified atom stereocenters. The number of ether oxygens (including phenoxy) is 2. The summed E-state index contributed by atoms with van der Waals surface area (Å²) in [4.78, 5) is 29.9. The maximum Gasteiger partial charge on any atom is 0.354 e. The number of hydrogen-bond acceptors (Lipinski definition) is 9. The standard InChI is InChI=1S/C23H27N5O5/c1-27(6-9-32-2)18-13-17(22(30)31)24-21-19(16-5-3-4-15(12-16)14-29)25-23(26-20(18)21)28-7-10-33-11-8-28/h3-5,12-13,29H,6-11,14H2,1-2H3,(H,30,31). The van der Waals surface area contributed by atoms with Crippen LogP contribution in [0.2, 0.25) is 0 Å². The summed E-state index contributed by atoms with van der Waals surface area (Å²) in [6, 6.07) is 8.87. The zero-order chi connectivity index (χ0) is 23.4. The Balaban J connectivity index is 1.99. The van der Waals surface area contributed by atoms with Gasteiger partial charge in [-0.2, -0.15) is 0 Å². The number of likely N-dealkylation sites (N-methyl/N-ethyl adjacent to an activating group) is 1. The lowest BCUT2D eigenvalue weighted by Crippen LogP contribution is -2.37. The van der Waals surface area contributed by atoms with Gasteiger partial charge < -0.3 is 29.5 Å². The third-order valence-corrected chi connectivity index (χ3v) is 5.56. The molecule has 0 atom stereocenters. The number of carbonyl (C=O) groups is 1. The minimum Gasteiger partial charge on any atom is -0.477 e. The number of aromatic carboxylic acids is 1. The fourth-order valence-electron chi connectivity index (χ4n) is 3.75. The molecule has 33 heavy (non-hydrogen) atoms. The molecule has 1 fully saturated rings. The molecule has 0 amide bonds. The van der Waals surface area contributed by atoms with Crippen molar-refractivity contribution in [1.82, 2.24) is 15.0 Å². The van der Waals surface area contributed by atoms with Gasteiger partial charge in [0, 0.05) is 39.4 Å². The van der Waals surface area contributed by atoms with E-state index in [9.17, 15) is 15.0 Å². The average Bonchev–Trinajstić information content (AvgIpc) is 2.86. The first-order valence-electron chi connectivity index (χ1n) is 10.7. The van der Waals surface area contributed by atoms with Gasteiger partial charge in [0.25, 0.3) is 0 Å². The van der Waals surface area contributed by atoms with Crippen LogP contribution in [0.5, 0.6) is 0 Å². The first kappa shape index (κ1) is 22.8. The van der Waals surface area contributed by atoms with Crippen LogP contribution >= 0.6 is 0 Å². The van der Waals surface area contributed by atoms with E-state index in [1.807, 2.05) is 41.1 Å². The second kappa shape index (κ2) is 10.1. The second-order valence-electron chi connectivity index (χ2n) is 7.77. The average molecular weight is 453 g/mol. The number of carboxylic acid groups (broad SMARTS) is 1. The van der Waals surface area contributed by atoms with E-state index < -0.39 is 5.97 Å². The van der Waals surface area contributed by atoms with Gasteiger partial charge >= 0.3 is 5.97 Å². The Hall–Kier alpha value is -3.34. The van der Waals surface area contributed by atoms with E-state index in [1.165, 1.54) is 6.07 Å². The minimum absolute atomic E-state index is 0.0935. The first-order chi connectivity index (χ1) is 16.0. The molecule has 2 N–H and O–H groups in total. The van der Waals surface area contributed by atoms with E-state index in [1.54, 1.807) is 7.11 Å². The molecule has 174 valence electrons. The number of nitrogens with zero attached hydrogens (tertiary/aromatic N) is 5. The van der Waals surface area contributed by atoms with Crippen LogP contribution in [-0.4, -0.2) is 84.7 Å². The highest BCUT2D eigenvalue weighted by molar-refractivity contribution is 6.01. The fourth-order valence-corrected chi connectivity index (χ4v) is 3.75. The van der Waals surface area contributed by atoms with Crippen molar-refractivity contribution in [2.75, 3.05) is 63.4 Å². The number of aliphatic hydroxyl groups excluding tert-OH is 1. The van der Waals surface area contributed by atoms with E-state index in [0.717, 1.165) is 11.1 Å². The number of aliphatic hydroxyl groups is 1. The molecule has 0 saturated carbocycles. The van der Waals surface area contributed by atoms with E-state index in [2.05, 4.69) is 4.98 Å². The predicted octanol–water partition coefficient (Wildman–Crippen LogP) is 1.80. The van der Waals surface area contributed by atoms with E-state index in [4.69, 9.17) is 19.4 Å². The van der Waals surface area contributed by atoms with Gasteiger partial charge in [-0.1, -0.05) is 18.2 Å². The SMILES string of the molecule is COCCN(C)c1cc(C(=O)O)nc2c(-c3cccc(CO)c3)nc(N3CCOCC3)nc12. The Morgan fingerprint density at radius 1 is 1.18 bits per heavy atom. The summed E-state index contributed by atoms with van der Waals surface area (Å²) in [7, 11) is 3.48. The smallest absolute Gasteiger partial charge is 0.354 e. The van der Waals surface area contributed by atoms with Crippen LogP contribution in [0.15, 0.2) is 30.3 Å². The summed E-state index contributed by atoms with van der Waals surface area (Å²) in [6.45, 7) is 3.34. The topological polar surface area (TPSA) is 121 Å². The van der Waals surface area contributed by atoms with Gasteiger partial charge in [-0.3, -0.25) is 0 Å². The number of carboxylic acids is 1. The summed E-state index contributed by atoms with van der Waals surface area (Å²) in [5, 5.41) is 19.4. The van der Waals surface area contributed by atoms with Crippen LogP contribution in [0.4, 0.5) is 11.6 Å². The van der Waals surface area contributed by atoms with Crippen molar-refractivity contribution < 1.29 is 24.5 Å². The van der Waals surface area contributed by atoms with Gasteiger partial charge in [-0.15, -0.1) is 0 Å². The molecule has 10 heteroatoms. The zero-order valence-electron chi connectivity index (χ0n) is 18.7. The van der Waals surface area contributed by atoms with E-state index in [0.29, 0.717) is 67.8 Å². The van der Waals surface area contributed by atoms with Crippen molar-refractivity contribution in [3.8, 4) is 11.3 Å². The molecular weight excluding hydrogens is 426 g/mol. The Morgan fingerprint density at radius 2 is 1.97 bits per heavy atom. The number of pyridine rings is 1. The molecular formula is C23H27N5O5. The largest absolute Gasteiger partial charge is 0.477 e. The van der Waals surface area contributed by atoms with Gasteiger partial charge in [0.2, 0.25) is 5.95 Å². The molecule has 1 aliphatic heterocycles. The highest BCUT2D eigenvalue weighted by atomic mass is 16.5. The molecule has 1 saturated heterocycles. The van der Waals surface area contributed by atoms with Crippen LogP contribution in [0.1, 0.15) is 16.1 Å². The number of hydrogen-bond donors (Lipinski definition) is 2. The number of fused-ring (bicyclic) bond motifs is 1. The maximum atomic E-state index is 11.9. The van der Waals surface area contributed by atoms with Crippen LogP contribution in [0.25, 0.3) is 22.3 Å². The van der Waals surface area contributed by atoms with Crippen LogP contribution in [0.3, 0.4) is 0 Å². The van der Waals surface area contributed by atoms with Crippen molar-refractivity contribution in [2.45, 2.75) is 6.61 Å². The number of benzene rings is 1. The normalized spacial score (nSPS) is 14.0. The summed E-state index contributed by atoms with van der Waals surface area (Å²) in [5.41, 5.74) is 3.44. The van der Waals surface area contributed by atoms with Crippen molar-refractivity contribution >= 4 is 28.6 Å². The van der Waals surface area contributed by atoms with Crippen molar-refractivity contribution in [2.24, 2.45) is 0 Å². The molecule has 0 radical (unpaired) electrons. The minimum atomic E-state index is -1.13. The molecule has 3 aromatic rings. The molecule has 3 heterocycles. The number of morpholine rings is 1. The number of rotatable bonds is 8. The summed E-state index contributed by atoms with van der Waals surface area (Å²) >= 11 is 0. The van der Waals surface area contributed by atoms with Crippen LogP contribution in [-0.2, 0) is 16.1 Å². The molecule has 0 bridgehead atoms. The van der Waals surface area contributed by atoms with Gasteiger partial charge in [0.15, 0.2) is 5.69 Å². The van der Waals surface area contributed by atoms with Crippen molar-refractivity contribution in [3.05, 3.63) is 41.6 Å². The summed E-state index contributed by atoms with van der Waals surface area (Å²) in [5.74, 6) is -0.605. The van der Waals surface area contributed by atoms with E-state index >= 15 is 0 Å². The third kappa shape index (κ3) is 4.87. The summed E-state index contributed by atoms with van der Waals surface area (Å²) in [6.07, 6.45) is 0. The van der Waals surface area contributed by atoms with Crippen molar-refractivity contribution in [1.29, 1.82) is 0 Å². The molecule has 0 aliphatic carbocycles. The molecule has 4 rings (SSSR count). The monoisotopic (exact) mass is 453 g/mol. The van der Waals surface area contributed by atoms with Crippen LogP contribution in [0, 0.1) is 0 Å². The molecule has 0 spiro atoms. The molecule has 1 aromatic carbocycles. The van der Waals surface area contributed by atoms with Crippen LogP contribution < -0.4 is 9.80 Å². The van der Waals surface area contributed by atoms with E-state index in [-0.39, 0.29) is 12.3 Å². The Kier molecular flexibility index (Phi) is 6.97. The molecule has 10 nitrogen and oxygen atoms in total. The predicted molar refractivity (Wildman–Crippen MR) is 124 cm³/mol. The highest BCUT2D eigenvalue weighted by Gasteiger charge is 2.23. The zero-order valence-corrected chi connectivity index (χ0v) is 18.7. The van der Waals surface area contributed by atoms with Gasteiger partial charge in [0.05, 0.1) is 32.1 Å². The quantitative estimate of drug-likeness (QED) is 0.522. The van der Waals surface area contributed by atoms with Gasteiger partial charge in [0.1, 0.15) is 16.7 Å². The van der Waals surface area contributed by atoms with Crippen molar-refractivity contribution in [3.63, 3.8) is 0 Å². The Bertz CT molecular complexity index is 1150. The Labute approximate surface area is 191 Å². The third-order valence-electron chi connectivity index (χ3n) is 5.56. The van der Waals surface area contributed by atoms with Gasteiger partial charge in [-0.25, -0.2) is 19.7 Å². The lowest BCUT2D eigenvalue weighted by Gasteiger charge is -2.28. The molecule has 1 aliphatic rings. The van der Waals surface area contributed by atoms with Gasteiger partial charge in [-0.05, 0) is 17.7 Å². The summed E-state index contributed by atoms with van der Waals surface area (Å²) < 4.78 is 10.7. The first-order valence-corrected chi connectivity index (χ1v) is 10.7. The number of methoxy groups -OCH3 is 1. The second-order valence-corrected chi connectivity index (χ2v) is 7.77. The lowest BCUT2D eigenvalue weighted by atomic mass is 10.1. The maximum absolute atomic E-state index is 11.9. The fraction of sp³-hybridized carbons (Fsp3) is 0.391. The Morgan fingerprint density at radius 3 is 2.67 bits per heavy atom.